The number of halogens is 1. The first-order valence-electron chi connectivity index (χ1n) is 15.1. The second-order valence-electron chi connectivity index (χ2n) is 11.8. The zero-order chi connectivity index (χ0) is 32.8. The fourth-order valence-electron chi connectivity index (χ4n) is 5.84. The topological polar surface area (TPSA) is 175 Å². The maximum atomic E-state index is 15.2. The summed E-state index contributed by atoms with van der Waals surface area (Å²) >= 11 is 0. The molecule has 0 fully saturated rings. The van der Waals surface area contributed by atoms with Crippen molar-refractivity contribution in [1.82, 2.24) is 20.2 Å². The van der Waals surface area contributed by atoms with Gasteiger partial charge in [0.2, 0.25) is 11.8 Å². The van der Waals surface area contributed by atoms with E-state index in [0.29, 0.717) is 28.7 Å². The summed E-state index contributed by atoms with van der Waals surface area (Å²) in [6, 6.07) is 2.90. The van der Waals surface area contributed by atoms with Crippen molar-refractivity contribution >= 4 is 28.7 Å². The summed E-state index contributed by atoms with van der Waals surface area (Å²) in [6.45, 7) is 8.77. The highest BCUT2D eigenvalue weighted by Gasteiger charge is 2.45. The Hall–Kier alpha value is -4.36. The van der Waals surface area contributed by atoms with E-state index in [0.717, 1.165) is 11.1 Å². The largest absolute Gasteiger partial charge is 0.489 e. The number of ether oxygens (including phenoxy) is 2. The standard InChI is InChI=1S/C32H38FN5O7/c1-6-17-18-10-25(44-9-8-35-28(39)16(5)36-29(40)26(34)15(3)4)22(33)12-23(18)37-27-19(17)13-38-24(27)11-21-20(30(38)41)14-45-31(42)32(21,43)7-2/h10-12,15-16,26,43H,6-9,13-14,34H2,1-5H3,(H,35,39)(H,36,40)/t16-,26-,32-/m0/s1. The Kier molecular flexibility index (Phi) is 8.69. The third-order valence-electron chi connectivity index (χ3n) is 8.64. The number of aromatic nitrogens is 2. The van der Waals surface area contributed by atoms with E-state index in [1.165, 1.54) is 6.07 Å². The minimum absolute atomic E-state index is 0.0238. The Morgan fingerprint density at radius 2 is 1.91 bits per heavy atom. The number of carbonyl (C=O) groups excluding carboxylic acids is 3. The van der Waals surface area contributed by atoms with Crippen LogP contribution in [0.3, 0.4) is 0 Å². The number of aryl methyl sites for hydroxylation is 1. The Balaban J connectivity index is 1.37. The zero-order valence-corrected chi connectivity index (χ0v) is 26.0. The number of nitrogens with zero attached hydrogens (tertiary/aromatic N) is 2. The number of aliphatic hydroxyl groups is 1. The van der Waals surface area contributed by atoms with Crippen LogP contribution in [-0.2, 0) is 44.3 Å². The predicted molar refractivity (Wildman–Crippen MR) is 163 cm³/mol. The van der Waals surface area contributed by atoms with Crippen LogP contribution in [0.2, 0.25) is 0 Å². The molecule has 0 spiro atoms. The second kappa shape index (κ2) is 12.2. The van der Waals surface area contributed by atoms with Gasteiger partial charge in [-0.1, -0.05) is 27.7 Å². The molecule has 5 N–H and O–H groups in total. The molecule has 2 aliphatic rings. The number of rotatable bonds is 10. The van der Waals surface area contributed by atoms with Gasteiger partial charge >= 0.3 is 5.97 Å². The van der Waals surface area contributed by atoms with Gasteiger partial charge in [-0.3, -0.25) is 14.4 Å². The first-order chi connectivity index (χ1) is 21.3. The van der Waals surface area contributed by atoms with Gasteiger partial charge in [-0.15, -0.1) is 0 Å². The Bertz CT molecular complexity index is 1770. The predicted octanol–water partition coefficient (Wildman–Crippen LogP) is 1.76. The SMILES string of the molecule is CCc1c2c(nc3cc(F)c(OCCNC(=O)[C@H](C)NC(=O)[C@@H](N)C(C)C)cc13)-c1cc3c(c(=O)n1C2)COC(=O)[C@]3(O)CC. The van der Waals surface area contributed by atoms with Gasteiger partial charge in [0.25, 0.3) is 5.56 Å². The lowest BCUT2D eigenvalue weighted by molar-refractivity contribution is -0.172. The molecule has 2 amide bonds. The maximum absolute atomic E-state index is 15.2. The second-order valence-corrected chi connectivity index (χ2v) is 11.8. The molecule has 45 heavy (non-hydrogen) atoms. The first-order valence-corrected chi connectivity index (χ1v) is 15.1. The molecular formula is C32H38FN5O7. The van der Waals surface area contributed by atoms with E-state index in [-0.39, 0.29) is 61.1 Å². The van der Waals surface area contributed by atoms with Crippen molar-refractivity contribution < 1.29 is 33.4 Å². The maximum Gasteiger partial charge on any atom is 0.343 e. The van der Waals surface area contributed by atoms with Crippen LogP contribution in [-0.4, -0.2) is 57.7 Å². The summed E-state index contributed by atoms with van der Waals surface area (Å²) in [5.41, 5.74) is 6.88. The van der Waals surface area contributed by atoms with Crippen molar-refractivity contribution in [2.45, 2.75) is 78.3 Å². The van der Waals surface area contributed by atoms with Crippen LogP contribution in [0.15, 0.2) is 23.0 Å². The van der Waals surface area contributed by atoms with Gasteiger partial charge in [0.05, 0.1) is 41.6 Å². The lowest BCUT2D eigenvalue weighted by atomic mass is 9.86. The molecule has 13 heteroatoms. The number of carbonyl (C=O) groups is 3. The van der Waals surface area contributed by atoms with Crippen LogP contribution >= 0.6 is 0 Å². The van der Waals surface area contributed by atoms with E-state index in [4.69, 9.17) is 20.2 Å². The molecule has 0 saturated carbocycles. The third kappa shape index (κ3) is 5.54. The zero-order valence-electron chi connectivity index (χ0n) is 26.0. The quantitative estimate of drug-likeness (QED) is 0.152. The molecule has 2 aromatic heterocycles. The number of hydrogen-bond acceptors (Lipinski definition) is 9. The molecule has 3 atom stereocenters. The third-order valence-corrected chi connectivity index (χ3v) is 8.64. The van der Waals surface area contributed by atoms with E-state index >= 15 is 4.39 Å². The molecular weight excluding hydrogens is 585 g/mol. The molecule has 2 aliphatic heterocycles. The summed E-state index contributed by atoms with van der Waals surface area (Å²) in [5.74, 6) is -2.42. The van der Waals surface area contributed by atoms with Crippen molar-refractivity contribution in [1.29, 1.82) is 0 Å². The van der Waals surface area contributed by atoms with E-state index in [2.05, 4.69) is 10.6 Å². The van der Waals surface area contributed by atoms with E-state index in [9.17, 15) is 24.3 Å². The number of fused-ring (bicyclic) bond motifs is 5. The Morgan fingerprint density at radius 3 is 2.58 bits per heavy atom. The fraction of sp³-hybridized carbons (Fsp3) is 0.469. The molecule has 240 valence electrons. The van der Waals surface area contributed by atoms with Crippen LogP contribution in [0.1, 0.15) is 63.3 Å². The van der Waals surface area contributed by atoms with Gasteiger partial charge in [-0.05, 0) is 43.4 Å². The van der Waals surface area contributed by atoms with Crippen molar-refractivity contribution in [2.75, 3.05) is 13.2 Å². The number of hydrogen-bond donors (Lipinski definition) is 4. The van der Waals surface area contributed by atoms with E-state index in [1.54, 1.807) is 30.5 Å². The minimum Gasteiger partial charge on any atom is -0.489 e. The number of pyridine rings is 2. The Labute approximate surface area is 259 Å². The highest BCUT2D eigenvalue weighted by molar-refractivity contribution is 5.91. The summed E-state index contributed by atoms with van der Waals surface area (Å²) in [7, 11) is 0. The van der Waals surface area contributed by atoms with Gasteiger partial charge in [0.1, 0.15) is 19.3 Å². The average molecular weight is 624 g/mol. The molecule has 0 unspecified atom stereocenters. The molecule has 12 nitrogen and oxygen atoms in total. The highest BCUT2D eigenvalue weighted by Crippen LogP contribution is 2.41. The molecule has 0 radical (unpaired) electrons. The molecule has 5 rings (SSSR count). The lowest BCUT2D eigenvalue weighted by Crippen LogP contribution is -2.52. The van der Waals surface area contributed by atoms with E-state index < -0.39 is 41.3 Å². The number of nitrogens with two attached hydrogens (primary N) is 1. The first kappa shape index (κ1) is 32.0. The van der Waals surface area contributed by atoms with Crippen molar-refractivity contribution in [2.24, 2.45) is 11.7 Å². The van der Waals surface area contributed by atoms with Crippen molar-refractivity contribution in [3.8, 4) is 17.1 Å². The normalized spacial score (nSPS) is 18.1. The lowest BCUT2D eigenvalue weighted by Gasteiger charge is -2.31. The van der Waals surface area contributed by atoms with Crippen LogP contribution in [0, 0.1) is 11.7 Å². The van der Waals surface area contributed by atoms with Crippen LogP contribution in [0.25, 0.3) is 22.3 Å². The van der Waals surface area contributed by atoms with Crippen molar-refractivity contribution in [3.63, 3.8) is 0 Å². The smallest absolute Gasteiger partial charge is 0.343 e. The molecule has 4 heterocycles. The van der Waals surface area contributed by atoms with Gasteiger partial charge in [0, 0.05) is 22.6 Å². The number of nitrogens with one attached hydrogen (secondary N) is 2. The summed E-state index contributed by atoms with van der Waals surface area (Å²) < 4.78 is 27.6. The van der Waals surface area contributed by atoms with Gasteiger partial charge < -0.3 is 35.5 Å². The number of amides is 2. The fourth-order valence-corrected chi connectivity index (χ4v) is 5.84. The van der Waals surface area contributed by atoms with Gasteiger partial charge in [-0.2, -0.15) is 0 Å². The van der Waals surface area contributed by atoms with Crippen LogP contribution in [0.4, 0.5) is 4.39 Å². The molecule has 0 saturated heterocycles. The molecule has 0 bridgehead atoms. The van der Waals surface area contributed by atoms with Gasteiger partial charge in [-0.25, -0.2) is 14.2 Å². The summed E-state index contributed by atoms with van der Waals surface area (Å²) in [4.78, 5) is 55.3. The number of cyclic esters (lactones) is 1. The van der Waals surface area contributed by atoms with Crippen LogP contribution < -0.4 is 26.7 Å². The monoisotopic (exact) mass is 623 g/mol. The summed E-state index contributed by atoms with van der Waals surface area (Å²) in [6.07, 6.45) is 0.579. The van der Waals surface area contributed by atoms with Crippen LogP contribution in [0.5, 0.6) is 5.75 Å². The van der Waals surface area contributed by atoms with Crippen molar-refractivity contribution in [3.05, 3.63) is 56.6 Å². The molecule has 1 aromatic carbocycles. The Morgan fingerprint density at radius 1 is 1.18 bits per heavy atom. The molecule has 3 aromatic rings. The van der Waals surface area contributed by atoms with E-state index in [1.807, 2.05) is 20.8 Å². The molecule has 0 aliphatic carbocycles. The number of benzene rings is 1. The number of esters is 1. The minimum atomic E-state index is -1.94. The highest BCUT2D eigenvalue weighted by atomic mass is 19.1. The van der Waals surface area contributed by atoms with Gasteiger partial charge in [0.15, 0.2) is 17.2 Å². The summed E-state index contributed by atoms with van der Waals surface area (Å²) in [5, 5.41) is 17.0. The average Bonchev–Trinajstić information content (AvgIpc) is 3.38.